The fourth-order valence-electron chi connectivity index (χ4n) is 5.67. The lowest BCUT2D eigenvalue weighted by molar-refractivity contribution is -0.0453. The summed E-state index contributed by atoms with van der Waals surface area (Å²) in [5.41, 5.74) is 3.61. The molecule has 5 atom stereocenters. The van der Waals surface area contributed by atoms with E-state index in [4.69, 9.17) is 9.47 Å². The average molecular weight is 325 g/mol. The highest BCUT2D eigenvalue weighted by Crippen LogP contribution is 2.63. The molecule has 1 saturated heterocycles. The minimum Gasteiger partial charge on any atom is -0.493 e. The van der Waals surface area contributed by atoms with Crippen molar-refractivity contribution in [3.8, 4) is 11.5 Å². The second-order valence-electron chi connectivity index (χ2n) is 7.54. The van der Waals surface area contributed by atoms with Gasteiger partial charge in [0.25, 0.3) is 0 Å². The fourth-order valence-corrected chi connectivity index (χ4v) is 5.67. The summed E-state index contributed by atoms with van der Waals surface area (Å²) < 4.78 is 12.0. The molecule has 0 unspecified atom stereocenters. The van der Waals surface area contributed by atoms with E-state index in [1.54, 1.807) is 7.11 Å². The van der Waals surface area contributed by atoms with Crippen LogP contribution in [0.25, 0.3) is 6.08 Å². The molecular formula is C20H23NO3. The van der Waals surface area contributed by atoms with Gasteiger partial charge in [-0.2, -0.15) is 0 Å². The van der Waals surface area contributed by atoms with Gasteiger partial charge in [0.2, 0.25) is 0 Å². The minimum absolute atomic E-state index is 0.138. The fraction of sp³-hybridized carbons (Fsp3) is 0.500. The Labute approximate surface area is 142 Å². The first-order chi connectivity index (χ1) is 11.6. The van der Waals surface area contributed by atoms with E-state index < -0.39 is 6.10 Å². The van der Waals surface area contributed by atoms with Gasteiger partial charge in [0.1, 0.15) is 12.2 Å². The zero-order chi connectivity index (χ0) is 16.6. The van der Waals surface area contributed by atoms with Crippen molar-refractivity contribution in [1.82, 2.24) is 4.90 Å². The number of likely N-dealkylation sites (tertiary alicyclic amines) is 1. The highest BCUT2D eigenvalue weighted by Gasteiger charge is 2.64. The summed E-state index contributed by atoms with van der Waals surface area (Å²) in [4.78, 5) is 2.47. The van der Waals surface area contributed by atoms with Crippen LogP contribution in [-0.2, 0) is 11.8 Å². The van der Waals surface area contributed by atoms with E-state index in [1.165, 1.54) is 11.1 Å². The van der Waals surface area contributed by atoms with Crippen LogP contribution in [0.15, 0.2) is 24.8 Å². The molecule has 1 aromatic rings. The van der Waals surface area contributed by atoms with Gasteiger partial charge in [-0.15, -0.1) is 0 Å². The molecule has 2 bridgehead atoms. The SMILES string of the molecule is C=Cc1cc(OC)c2c3c1C[C@@H]1[C@@H]4C=C[C@H](O)[C@H](O2)[C@]34CCN1C. The maximum atomic E-state index is 10.7. The van der Waals surface area contributed by atoms with E-state index in [9.17, 15) is 5.11 Å². The molecule has 0 saturated carbocycles. The third-order valence-electron chi connectivity index (χ3n) is 6.74. The summed E-state index contributed by atoms with van der Waals surface area (Å²) in [5, 5.41) is 10.7. The van der Waals surface area contributed by atoms with Crippen LogP contribution in [0.2, 0.25) is 0 Å². The predicted octanol–water partition coefficient (Wildman–Crippen LogP) is 2.14. The van der Waals surface area contributed by atoms with Gasteiger partial charge in [-0.3, -0.25) is 0 Å². The first kappa shape index (κ1) is 14.6. The van der Waals surface area contributed by atoms with Crippen LogP contribution in [0.4, 0.5) is 0 Å². The molecule has 0 radical (unpaired) electrons. The maximum absolute atomic E-state index is 10.7. The average Bonchev–Trinajstić information content (AvgIpc) is 2.94. The van der Waals surface area contributed by atoms with Crippen LogP contribution in [-0.4, -0.2) is 49.0 Å². The van der Waals surface area contributed by atoms with Crippen LogP contribution in [0.5, 0.6) is 11.5 Å². The molecule has 1 spiro atoms. The molecular weight excluding hydrogens is 302 g/mol. The van der Waals surface area contributed by atoms with Crippen molar-refractivity contribution < 1.29 is 14.6 Å². The van der Waals surface area contributed by atoms with Gasteiger partial charge in [0.15, 0.2) is 11.5 Å². The van der Waals surface area contributed by atoms with Gasteiger partial charge in [-0.1, -0.05) is 24.8 Å². The summed E-state index contributed by atoms with van der Waals surface area (Å²) in [6.07, 6.45) is 7.29. The van der Waals surface area contributed by atoms with Gasteiger partial charge >= 0.3 is 0 Å². The normalized spacial score (nSPS) is 38.5. The van der Waals surface area contributed by atoms with E-state index in [1.807, 2.05) is 18.2 Å². The molecule has 1 fully saturated rings. The van der Waals surface area contributed by atoms with E-state index >= 15 is 0 Å². The Bertz CT molecular complexity index is 771. The van der Waals surface area contributed by atoms with Crippen molar-refractivity contribution in [3.05, 3.63) is 41.5 Å². The third kappa shape index (κ3) is 1.47. The summed E-state index contributed by atoms with van der Waals surface area (Å²) in [5.74, 6) is 1.98. The van der Waals surface area contributed by atoms with Crippen molar-refractivity contribution >= 4 is 6.08 Å². The summed E-state index contributed by atoms with van der Waals surface area (Å²) >= 11 is 0. The Kier molecular flexibility index (Phi) is 2.82. The number of hydrogen-bond donors (Lipinski definition) is 1. The largest absolute Gasteiger partial charge is 0.493 e. The Hall–Kier alpha value is -1.78. The zero-order valence-electron chi connectivity index (χ0n) is 14.2. The van der Waals surface area contributed by atoms with Gasteiger partial charge in [-0.25, -0.2) is 0 Å². The summed E-state index contributed by atoms with van der Waals surface area (Å²) in [6, 6.07) is 2.48. The smallest absolute Gasteiger partial charge is 0.166 e. The second-order valence-corrected chi connectivity index (χ2v) is 7.54. The highest BCUT2D eigenvalue weighted by atomic mass is 16.5. The zero-order valence-corrected chi connectivity index (χ0v) is 14.2. The molecule has 5 rings (SSSR count). The van der Waals surface area contributed by atoms with Crippen molar-refractivity contribution in [3.63, 3.8) is 0 Å². The third-order valence-corrected chi connectivity index (χ3v) is 6.74. The standard InChI is InChI=1S/C20H23NO3/c1-4-11-9-16(23-3)18-17-12(11)10-14-13-5-6-15(22)19(24-18)20(13,17)7-8-21(14)2/h4-6,9,13-15,19,22H,1,7-8,10H2,2-3H3/t13-,14+,15-,19-,20-/m0/s1. The number of aliphatic hydroxyl groups is 1. The Morgan fingerprint density at radius 3 is 3.04 bits per heavy atom. The monoisotopic (exact) mass is 325 g/mol. The van der Waals surface area contributed by atoms with Gasteiger partial charge < -0.3 is 19.5 Å². The number of aliphatic hydroxyl groups excluding tert-OH is 1. The summed E-state index contributed by atoms with van der Waals surface area (Å²) in [6.45, 7) is 5.04. The number of likely N-dealkylation sites (N-methyl/N-ethyl adjacent to an activating group) is 1. The molecule has 2 heterocycles. The first-order valence-corrected chi connectivity index (χ1v) is 8.72. The molecule has 2 aliphatic carbocycles. The number of hydrogen-bond acceptors (Lipinski definition) is 4. The Morgan fingerprint density at radius 1 is 1.46 bits per heavy atom. The summed E-state index contributed by atoms with van der Waals surface area (Å²) in [7, 11) is 3.89. The highest BCUT2D eigenvalue weighted by molar-refractivity contribution is 5.69. The molecule has 1 aromatic carbocycles. The lowest BCUT2D eigenvalue weighted by Gasteiger charge is -2.56. The molecule has 0 amide bonds. The van der Waals surface area contributed by atoms with Gasteiger partial charge in [-0.05, 0) is 43.6 Å². The number of rotatable bonds is 2. The number of nitrogens with zero attached hydrogens (tertiary/aromatic N) is 1. The van der Waals surface area contributed by atoms with Crippen molar-refractivity contribution in [2.75, 3.05) is 20.7 Å². The molecule has 126 valence electrons. The van der Waals surface area contributed by atoms with Crippen molar-refractivity contribution in [2.24, 2.45) is 5.92 Å². The minimum atomic E-state index is -0.569. The van der Waals surface area contributed by atoms with E-state index in [0.29, 0.717) is 12.0 Å². The van der Waals surface area contributed by atoms with Crippen molar-refractivity contribution in [1.29, 1.82) is 0 Å². The maximum Gasteiger partial charge on any atom is 0.166 e. The van der Waals surface area contributed by atoms with Crippen molar-refractivity contribution in [2.45, 2.75) is 36.5 Å². The Balaban J connectivity index is 1.86. The van der Waals surface area contributed by atoms with Crippen LogP contribution >= 0.6 is 0 Å². The van der Waals surface area contributed by atoms with Crippen LogP contribution < -0.4 is 9.47 Å². The van der Waals surface area contributed by atoms with Gasteiger partial charge in [0, 0.05) is 22.9 Å². The molecule has 4 aliphatic rings. The molecule has 1 N–H and O–H groups in total. The molecule has 4 heteroatoms. The predicted molar refractivity (Wildman–Crippen MR) is 92.6 cm³/mol. The number of ether oxygens (including phenoxy) is 2. The second kappa shape index (κ2) is 4.64. The number of benzene rings is 1. The Morgan fingerprint density at radius 2 is 2.29 bits per heavy atom. The van der Waals surface area contributed by atoms with Crippen LogP contribution in [0, 0.1) is 5.92 Å². The van der Waals surface area contributed by atoms with Crippen LogP contribution in [0.3, 0.4) is 0 Å². The lowest BCUT2D eigenvalue weighted by Crippen LogP contribution is -2.64. The van der Waals surface area contributed by atoms with E-state index in [-0.39, 0.29) is 11.5 Å². The molecule has 2 aliphatic heterocycles. The topological polar surface area (TPSA) is 41.9 Å². The number of methoxy groups -OCH3 is 1. The molecule has 24 heavy (non-hydrogen) atoms. The van der Waals surface area contributed by atoms with E-state index in [0.717, 1.165) is 36.4 Å². The van der Waals surface area contributed by atoms with Crippen LogP contribution in [0.1, 0.15) is 23.1 Å². The first-order valence-electron chi connectivity index (χ1n) is 8.72. The quantitative estimate of drug-likeness (QED) is 0.846. The number of piperidine rings is 1. The molecule has 4 nitrogen and oxygen atoms in total. The van der Waals surface area contributed by atoms with Gasteiger partial charge in [0.05, 0.1) is 7.11 Å². The lowest BCUT2D eigenvalue weighted by atomic mass is 9.53. The molecule has 0 aromatic heterocycles. The van der Waals surface area contributed by atoms with E-state index in [2.05, 4.69) is 24.6 Å².